The van der Waals surface area contributed by atoms with Crippen LogP contribution in [-0.4, -0.2) is 57.6 Å². The molecule has 1 amide bonds. The van der Waals surface area contributed by atoms with Crippen LogP contribution < -0.4 is 0 Å². The minimum absolute atomic E-state index is 0.0851. The Morgan fingerprint density at radius 3 is 2.45 bits per heavy atom. The molecule has 1 aliphatic carbocycles. The van der Waals surface area contributed by atoms with Crippen molar-refractivity contribution in [3.63, 3.8) is 0 Å². The zero-order valence-electron chi connectivity index (χ0n) is 18.3. The van der Waals surface area contributed by atoms with Gasteiger partial charge >= 0.3 is 0 Å². The highest BCUT2D eigenvalue weighted by Crippen LogP contribution is 2.42. The third-order valence-corrected chi connectivity index (χ3v) is 8.08. The lowest BCUT2D eigenvalue weighted by Crippen LogP contribution is -2.65. The summed E-state index contributed by atoms with van der Waals surface area (Å²) in [4.78, 5) is 17.1. The Kier molecular flexibility index (Phi) is 6.04. The summed E-state index contributed by atoms with van der Waals surface area (Å²) in [5.41, 5.74) is 0.746. The monoisotopic (exact) mass is 398 g/mol. The largest absolute Gasteiger partial charge is 0.389 e. The van der Waals surface area contributed by atoms with E-state index in [1.807, 2.05) is 0 Å². The van der Waals surface area contributed by atoms with Crippen molar-refractivity contribution in [1.82, 2.24) is 9.80 Å². The van der Waals surface area contributed by atoms with Gasteiger partial charge in [-0.05, 0) is 76.3 Å². The number of piperidine rings is 1. The summed E-state index contributed by atoms with van der Waals surface area (Å²) in [6, 6.07) is 11.2. The number of likely N-dealkylation sites (tertiary alicyclic amines) is 2. The van der Waals surface area contributed by atoms with E-state index in [-0.39, 0.29) is 11.4 Å². The summed E-state index contributed by atoms with van der Waals surface area (Å²) >= 11 is 0. The van der Waals surface area contributed by atoms with Crippen LogP contribution in [0.4, 0.5) is 0 Å². The lowest BCUT2D eigenvalue weighted by molar-refractivity contribution is -0.141. The Balaban J connectivity index is 1.45. The van der Waals surface area contributed by atoms with E-state index in [0.29, 0.717) is 12.0 Å². The van der Waals surface area contributed by atoms with E-state index in [0.717, 1.165) is 71.0 Å². The minimum atomic E-state index is -0.586. The summed E-state index contributed by atoms with van der Waals surface area (Å²) in [6.45, 7) is 6.73. The first kappa shape index (κ1) is 20.9. The molecule has 0 spiro atoms. The maximum Gasteiger partial charge on any atom is 0.219 e. The van der Waals surface area contributed by atoms with Gasteiger partial charge in [0.2, 0.25) is 5.91 Å². The molecule has 4 heteroatoms. The van der Waals surface area contributed by atoms with Crippen LogP contribution >= 0.6 is 0 Å². The van der Waals surface area contributed by atoms with Crippen molar-refractivity contribution < 1.29 is 9.90 Å². The molecule has 0 unspecified atom stereocenters. The second-order valence-electron chi connectivity index (χ2n) is 10.0. The van der Waals surface area contributed by atoms with E-state index >= 15 is 0 Å². The highest BCUT2D eigenvalue weighted by atomic mass is 16.3. The Morgan fingerprint density at radius 1 is 1.03 bits per heavy atom. The van der Waals surface area contributed by atoms with Crippen LogP contribution in [-0.2, 0) is 4.79 Å². The van der Waals surface area contributed by atoms with Gasteiger partial charge in [0.1, 0.15) is 0 Å². The molecule has 2 saturated heterocycles. The van der Waals surface area contributed by atoms with Crippen LogP contribution in [0.5, 0.6) is 0 Å². The highest BCUT2D eigenvalue weighted by Gasteiger charge is 2.48. The second kappa shape index (κ2) is 8.39. The molecule has 0 bridgehead atoms. The average molecular weight is 399 g/mol. The van der Waals surface area contributed by atoms with Gasteiger partial charge in [-0.3, -0.25) is 9.69 Å². The summed E-state index contributed by atoms with van der Waals surface area (Å²) in [7, 11) is 0. The first-order valence-electron chi connectivity index (χ1n) is 11.7. The van der Waals surface area contributed by atoms with Gasteiger partial charge in [-0.25, -0.2) is 0 Å². The summed E-state index contributed by atoms with van der Waals surface area (Å²) in [5.74, 6) is 0.789. The molecule has 0 aromatic heterocycles. The van der Waals surface area contributed by atoms with E-state index in [9.17, 15) is 9.90 Å². The number of carbonyl (C=O) groups is 1. The van der Waals surface area contributed by atoms with Gasteiger partial charge in [-0.1, -0.05) is 36.8 Å². The molecule has 3 aliphatic rings. The normalized spacial score (nSPS) is 36.3. The molecule has 3 fully saturated rings. The van der Waals surface area contributed by atoms with Gasteiger partial charge in [0.25, 0.3) is 0 Å². The maximum absolute atomic E-state index is 12.4. The minimum Gasteiger partial charge on any atom is -0.389 e. The van der Waals surface area contributed by atoms with Crippen molar-refractivity contribution in [2.75, 3.05) is 19.6 Å². The Morgan fingerprint density at radius 2 is 1.76 bits per heavy atom. The van der Waals surface area contributed by atoms with Crippen LogP contribution in [0.25, 0.3) is 0 Å². The van der Waals surface area contributed by atoms with E-state index < -0.39 is 5.60 Å². The Labute approximate surface area is 176 Å². The number of rotatable bonds is 3. The van der Waals surface area contributed by atoms with Crippen LogP contribution in [0.2, 0.25) is 0 Å². The predicted octanol–water partition coefficient (Wildman–Crippen LogP) is 4.33. The second-order valence-corrected chi connectivity index (χ2v) is 10.0. The number of aliphatic hydroxyl groups is 1. The van der Waals surface area contributed by atoms with Gasteiger partial charge in [0.05, 0.1) is 11.1 Å². The molecule has 1 aromatic carbocycles. The van der Waals surface area contributed by atoms with Gasteiger partial charge < -0.3 is 10.0 Å². The standard InChI is InChI=1S/C25H38N2O2/c1-20(28)27-18-7-6-11-23-24(27,2)14-8-17-26(23)19-25(29)15-12-22(13-16-25)21-9-4-3-5-10-21/h3-5,9-10,22-23,29H,6-8,11-19H2,1-2H3/t22?,23-,24-,25?/m0/s1. The third kappa shape index (κ3) is 4.25. The lowest BCUT2D eigenvalue weighted by Gasteiger charge is -2.54. The summed E-state index contributed by atoms with van der Waals surface area (Å²) in [6.07, 6.45) is 9.50. The molecule has 29 heavy (non-hydrogen) atoms. The van der Waals surface area contributed by atoms with Crippen molar-refractivity contribution in [1.29, 1.82) is 0 Å². The SMILES string of the molecule is CC(=O)N1CCCC[C@@H]2N(CC3(O)CCC(c4ccccc4)CC3)CCC[C@@]21C. The Hall–Kier alpha value is -1.39. The zero-order valence-corrected chi connectivity index (χ0v) is 18.3. The van der Waals surface area contributed by atoms with Crippen molar-refractivity contribution in [2.45, 2.75) is 94.7 Å². The van der Waals surface area contributed by atoms with Gasteiger partial charge in [-0.2, -0.15) is 0 Å². The fourth-order valence-corrected chi connectivity index (χ4v) is 6.48. The molecule has 4 rings (SSSR count). The summed E-state index contributed by atoms with van der Waals surface area (Å²) < 4.78 is 0. The van der Waals surface area contributed by atoms with Crippen LogP contribution in [0, 0.1) is 0 Å². The molecular weight excluding hydrogens is 360 g/mol. The topological polar surface area (TPSA) is 43.8 Å². The van der Waals surface area contributed by atoms with Gasteiger partial charge in [0, 0.05) is 26.1 Å². The van der Waals surface area contributed by atoms with Gasteiger partial charge in [-0.15, -0.1) is 0 Å². The van der Waals surface area contributed by atoms with Gasteiger partial charge in [0.15, 0.2) is 0 Å². The molecule has 2 aliphatic heterocycles. The van der Waals surface area contributed by atoms with Crippen molar-refractivity contribution >= 4 is 5.91 Å². The quantitative estimate of drug-likeness (QED) is 0.824. The highest BCUT2D eigenvalue weighted by molar-refractivity contribution is 5.74. The average Bonchev–Trinajstić information content (AvgIpc) is 2.88. The maximum atomic E-state index is 12.4. The lowest BCUT2D eigenvalue weighted by atomic mass is 9.74. The third-order valence-electron chi connectivity index (χ3n) is 8.08. The van der Waals surface area contributed by atoms with E-state index in [1.54, 1.807) is 6.92 Å². The van der Waals surface area contributed by atoms with E-state index in [1.165, 1.54) is 12.0 Å². The fraction of sp³-hybridized carbons (Fsp3) is 0.720. The molecule has 2 heterocycles. The fourth-order valence-electron chi connectivity index (χ4n) is 6.48. The molecule has 160 valence electrons. The molecular formula is C25H38N2O2. The number of amides is 1. The van der Waals surface area contributed by atoms with Crippen LogP contribution in [0.1, 0.15) is 83.1 Å². The molecule has 2 atom stereocenters. The number of nitrogens with zero attached hydrogens (tertiary/aromatic N) is 2. The van der Waals surface area contributed by atoms with Crippen molar-refractivity contribution in [3.8, 4) is 0 Å². The Bertz CT molecular complexity index is 698. The first-order chi connectivity index (χ1) is 13.9. The smallest absolute Gasteiger partial charge is 0.219 e. The summed E-state index contributed by atoms with van der Waals surface area (Å²) in [5, 5.41) is 11.5. The van der Waals surface area contributed by atoms with Crippen LogP contribution in [0.3, 0.4) is 0 Å². The number of benzene rings is 1. The number of fused-ring (bicyclic) bond motifs is 1. The number of β-amino-alcohol motifs (C(OH)–C–C–N with tert-alkyl or cyclic N) is 1. The number of hydrogen-bond acceptors (Lipinski definition) is 3. The molecule has 0 radical (unpaired) electrons. The molecule has 1 N–H and O–H groups in total. The van der Waals surface area contributed by atoms with Crippen molar-refractivity contribution in [2.24, 2.45) is 0 Å². The number of carbonyl (C=O) groups excluding carboxylic acids is 1. The predicted molar refractivity (Wildman–Crippen MR) is 117 cm³/mol. The van der Waals surface area contributed by atoms with E-state index in [2.05, 4.69) is 47.1 Å². The van der Waals surface area contributed by atoms with E-state index in [4.69, 9.17) is 0 Å². The number of hydrogen-bond donors (Lipinski definition) is 1. The zero-order chi connectivity index (χ0) is 20.5. The first-order valence-corrected chi connectivity index (χ1v) is 11.7. The molecule has 4 nitrogen and oxygen atoms in total. The molecule has 1 aromatic rings. The molecule has 1 saturated carbocycles. The van der Waals surface area contributed by atoms with Crippen molar-refractivity contribution in [3.05, 3.63) is 35.9 Å². The van der Waals surface area contributed by atoms with Crippen LogP contribution in [0.15, 0.2) is 30.3 Å².